The first-order valence-corrected chi connectivity index (χ1v) is 36.9. The van der Waals surface area contributed by atoms with Gasteiger partial charge in [0.25, 0.3) is 0 Å². The molecule has 630 valence electrons. The summed E-state index contributed by atoms with van der Waals surface area (Å²) in [6.07, 6.45) is -2.03. The van der Waals surface area contributed by atoms with Crippen molar-refractivity contribution in [3.8, 4) is 0 Å². The molecule has 0 bridgehead atoms. The predicted octanol–water partition coefficient (Wildman–Crippen LogP) is -6.22. The quantitative estimate of drug-likeness (QED) is 0.0113. The number of rotatable bonds is 35. The molecule has 43 nitrogen and oxygen atoms in total. The highest BCUT2D eigenvalue weighted by Crippen LogP contribution is 2.22. The molecule has 0 aliphatic carbocycles. The number of hydrogen-bond acceptors (Lipinski definition) is 24. The Balaban J connectivity index is 1.87. The van der Waals surface area contributed by atoms with Gasteiger partial charge in [0.2, 0.25) is 88.6 Å². The molecule has 2 heterocycles. The first kappa shape index (κ1) is 94.7. The number of carbonyl (C=O) groups excluding carboxylic acids is 17. The monoisotopic (exact) mass is 1620 g/mol. The summed E-state index contributed by atoms with van der Waals surface area (Å²) in [7, 11) is 0. The number of aromatic amines is 1. The Hall–Kier alpha value is -12.7. The second kappa shape index (κ2) is 47.6. The van der Waals surface area contributed by atoms with Crippen LogP contribution in [0.4, 0.5) is 5.69 Å². The third-order valence-corrected chi connectivity index (χ3v) is 17.9. The van der Waals surface area contributed by atoms with Crippen LogP contribution in [0.1, 0.15) is 146 Å². The van der Waals surface area contributed by atoms with Gasteiger partial charge in [-0.1, -0.05) is 82.7 Å². The van der Waals surface area contributed by atoms with E-state index in [-0.39, 0.29) is 43.5 Å². The van der Waals surface area contributed by atoms with Crippen LogP contribution < -0.4 is 92.1 Å². The number of benzene rings is 2. The fourth-order valence-corrected chi connectivity index (χ4v) is 11.8. The summed E-state index contributed by atoms with van der Waals surface area (Å²) in [5.41, 5.74) is 23.4. The number of nitrogens with two attached hydrogens (primary N) is 4. The first-order chi connectivity index (χ1) is 54.4. The first-order valence-electron chi connectivity index (χ1n) is 36.9. The van der Waals surface area contributed by atoms with Crippen LogP contribution in [0, 0.1) is 5.92 Å². The predicted molar refractivity (Wildman–Crippen MR) is 402 cm³/mol. The van der Waals surface area contributed by atoms with E-state index in [1.165, 1.54) is 24.3 Å². The van der Waals surface area contributed by atoms with Gasteiger partial charge < -0.3 is 122 Å². The minimum absolute atomic E-state index is 0.0165. The zero-order valence-electron chi connectivity index (χ0n) is 63.7. The number of aliphatic hydroxyl groups excluding tert-OH is 1. The number of carboxylic acids is 3. The number of nitrogens with one attached hydrogen (secondary N) is 14. The van der Waals surface area contributed by atoms with E-state index in [4.69, 9.17) is 27.7 Å². The Kier molecular flexibility index (Phi) is 39.2. The number of para-hydroxylation sites is 2. The Bertz CT molecular complexity index is 4040. The van der Waals surface area contributed by atoms with Gasteiger partial charge >= 0.3 is 23.9 Å². The average Bonchev–Trinajstić information content (AvgIpc) is 1.72. The lowest BCUT2D eigenvalue weighted by Crippen LogP contribution is -2.62. The molecule has 43 heteroatoms. The third-order valence-electron chi connectivity index (χ3n) is 17.9. The van der Waals surface area contributed by atoms with Gasteiger partial charge in [0.15, 0.2) is 5.78 Å². The highest BCUT2D eigenvalue weighted by atomic mass is 16.5. The summed E-state index contributed by atoms with van der Waals surface area (Å²) in [4.78, 5) is 277. The number of cyclic esters (lactones) is 1. The summed E-state index contributed by atoms with van der Waals surface area (Å²) < 4.78 is 5.69. The molecule has 0 unspecified atom stereocenters. The normalized spacial score (nSPS) is 21.2. The van der Waals surface area contributed by atoms with E-state index >= 15 is 0 Å². The summed E-state index contributed by atoms with van der Waals surface area (Å²) >= 11 is 0. The lowest BCUT2D eigenvalue weighted by Gasteiger charge is -2.30. The van der Waals surface area contributed by atoms with Crippen LogP contribution in [-0.4, -0.2) is 242 Å². The maximum atomic E-state index is 14.8. The number of primary amides is 2. The van der Waals surface area contributed by atoms with Gasteiger partial charge in [0, 0.05) is 47.6 Å². The topological polar surface area (TPSA) is 708 Å². The average molecular weight is 1620 g/mol. The molecule has 15 amide bonds. The zero-order valence-corrected chi connectivity index (χ0v) is 63.7. The highest BCUT2D eigenvalue weighted by Gasteiger charge is 2.41. The number of amides is 15. The molecule has 1 aliphatic rings. The second-order valence-electron chi connectivity index (χ2n) is 27.3. The smallest absolute Gasteiger partial charge is 0.329 e. The largest absolute Gasteiger partial charge is 0.481 e. The minimum Gasteiger partial charge on any atom is -0.481 e. The lowest BCUT2D eigenvalue weighted by atomic mass is 9.96. The van der Waals surface area contributed by atoms with Gasteiger partial charge in [-0.05, 0) is 69.3 Å². The number of Topliss-reactive ketones (excluding diaryl/α,β-unsaturated/α-hetero) is 1. The molecule has 115 heavy (non-hydrogen) atoms. The summed E-state index contributed by atoms with van der Waals surface area (Å²) in [5.74, 6) is -28.9. The van der Waals surface area contributed by atoms with Crippen LogP contribution >= 0.6 is 0 Å². The van der Waals surface area contributed by atoms with Crippen LogP contribution in [0.5, 0.6) is 0 Å². The van der Waals surface area contributed by atoms with Gasteiger partial charge in [0.05, 0.1) is 51.8 Å². The molecule has 1 saturated heterocycles. The number of H-pyrrole nitrogens is 1. The third kappa shape index (κ3) is 32.5. The molecule has 2 aromatic carbocycles. The Morgan fingerprint density at radius 1 is 0.548 bits per heavy atom. The van der Waals surface area contributed by atoms with E-state index in [2.05, 4.69) is 75.7 Å². The van der Waals surface area contributed by atoms with Gasteiger partial charge in [0.1, 0.15) is 72.6 Å². The molecule has 4 rings (SSSR count). The Morgan fingerprint density at radius 3 is 1.71 bits per heavy atom. The van der Waals surface area contributed by atoms with E-state index in [9.17, 15) is 116 Å². The molecular formula is C72H102N18O25. The van der Waals surface area contributed by atoms with Crippen LogP contribution in [0.25, 0.3) is 10.9 Å². The van der Waals surface area contributed by atoms with E-state index in [1.54, 1.807) is 30.5 Å². The maximum Gasteiger partial charge on any atom is 0.329 e. The molecule has 0 spiro atoms. The van der Waals surface area contributed by atoms with E-state index in [0.717, 1.165) is 52.9 Å². The van der Waals surface area contributed by atoms with E-state index < -0.39 is 255 Å². The SMILES string of the molecule is CCCCCCCCCC(=O)N[C@@H](Cc1c[nH]c2ccccc12)C(=O)N[C@@H](CC(N)=O)C(=O)N[C@@H](CC(=O)O)C(=O)N[C@@H]1C(=O)NCC(=O)N[C@@H](CCCN)C(=O)N[C@@H](CC(=O)O)C(=O)N[C@H](C)C(=O)N[C@@H](CC(N)=O)C(=O)NCC(=O)N[C@H](CO)C(=O)N[C@@H]([C@@H](C)CC(=O)O)C(=O)N[C@@H](CC(=O)c2ccccc2N)C(=O)O[C@@H]1C. The van der Waals surface area contributed by atoms with Gasteiger partial charge in [-0.15, -0.1) is 0 Å². The van der Waals surface area contributed by atoms with E-state index in [1.807, 2.05) is 5.32 Å². The fraction of sp³-hybridized carbons (Fsp3) is 0.528. The number of aliphatic carboxylic acids is 3. The second-order valence-corrected chi connectivity index (χ2v) is 27.3. The number of carbonyl (C=O) groups is 20. The number of unbranched alkanes of at least 4 members (excludes halogenated alkanes) is 6. The molecule has 1 aliphatic heterocycles. The van der Waals surface area contributed by atoms with Crippen molar-refractivity contribution < 1.29 is 121 Å². The van der Waals surface area contributed by atoms with Crippen molar-refractivity contribution in [3.05, 3.63) is 65.9 Å². The summed E-state index contributed by atoms with van der Waals surface area (Å²) in [6, 6.07) is -10.3. The van der Waals surface area contributed by atoms with Crippen LogP contribution in [-0.2, 0) is 102 Å². The number of ketones is 1. The molecule has 1 fully saturated rings. The Morgan fingerprint density at radius 2 is 1.10 bits per heavy atom. The fourth-order valence-electron chi connectivity index (χ4n) is 11.8. The van der Waals surface area contributed by atoms with Crippen molar-refractivity contribution in [1.29, 1.82) is 0 Å². The standard InChI is InChI=1S/C72H102N18O25/c1-5-6-7-8-9-10-11-22-54(95)82-44(25-38-31-77-42-20-15-13-17-39(38)42)66(108)85-46(28-53(76)94)67(109)87-48(30-59(102)103)68(110)90-61-37(4)115-72(114)49(26-51(92)40-18-12-14-19-41(40)74)88-71(113)60(35(2)24-57(98)99)89-69(111)50(34-91)83-56(97)32-78-63(105)45(27-52(75)93)84-62(104)36(3)80-65(107)47(29-58(100)101)86-64(106)43(21-16-23-73)81-55(96)33-79-70(61)112/h12-15,17-20,31,35-37,43-50,60-61,77,91H,5-11,16,21-30,32-34,73-74H2,1-4H3,(H2,75,93)(H2,76,94)(H,78,105)(H,79,112)(H,80,107)(H,81,96)(H,82,95)(H,83,97)(H,84,104)(H,85,108)(H,86,106)(H,87,109)(H,88,113)(H,89,111)(H,90,110)(H,98,99)(H,100,101)(H,102,103)/t35-,36+,37+,43-,44-,45-,46-,47-,48-,49-,50+,60-,61-/m0/s1. The number of anilines is 1. The molecule has 0 radical (unpaired) electrons. The molecule has 26 N–H and O–H groups in total. The van der Waals surface area contributed by atoms with Crippen molar-refractivity contribution in [1.82, 2.24) is 74.1 Å². The molecule has 3 aromatic rings. The molecular weight excluding hydrogens is 1520 g/mol. The van der Waals surface area contributed by atoms with Crippen molar-refractivity contribution in [2.45, 2.75) is 209 Å². The number of aliphatic hydroxyl groups is 1. The number of carboxylic acid groups (broad SMARTS) is 3. The molecule has 1 aromatic heterocycles. The number of hydrogen-bond donors (Lipinski definition) is 22. The van der Waals surface area contributed by atoms with Crippen LogP contribution in [0.15, 0.2) is 54.7 Å². The van der Waals surface area contributed by atoms with Crippen LogP contribution in [0.3, 0.4) is 0 Å². The molecule has 13 atom stereocenters. The van der Waals surface area contributed by atoms with Gasteiger partial charge in [-0.3, -0.25) is 91.1 Å². The highest BCUT2D eigenvalue weighted by molar-refractivity contribution is 6.05. The van der Waals surface area contributed by atoms with Gasteiger partial charge in [-0.25, -0.2) is 4.79 Å². The number of fused-ring (bicyclic) bond motifs is 1. The van der Waals surface area contributed by atoms with Crippen molar-refractivity contribution in [3.63, 3.8) is 0 Å². The van der Waals surface area contributed by atoms with Gasteiger partial charge in [-0.2, -0.15) is 0 Å². The van der Waals surface area contributed by atoms with Crippen molar-refractivity contribution >= 4 is 135 Å². The molecule has 0 saturated carbocycles. The lowest BCUT2D eigenvalue weighted by molar-refractivity contribution is -0.156. The maximum absolute atomic E-state index is 14.8. The minimum atomic E-state index is -2.44. The Labute approximate surface area is 658 Å². The van der Waals surface area contributed by atoms with E-state index in [0.29, 0.717) is 29.3 Å². The number of aromatic nitrogens is 1. The number of ether oxygens (including phenoxy) is 1. The van der Waals surface area contributed by atoms with Crippen LogP contribution in [0.2, 0.25) is 0 Å². The number of esters is 1. The zero-order chi connectivity index (χ0) is 85.8. The van der Waals surface area contributed by atoms with Crippen molar-refractivity contribution in [2.24, 2.45) is 23.1 Å². The number of nitrogen functional groups attached to an aromatic ring is 1. The summed E-state index contributed by atoms with van der Waals surface area (Å²) in [5, 5.41) is 69.3. The summed E-state index contributed by atoms with van der Waals surface area (Å²) in [6.45, 7) is 1.23. The van der Waals surface area contributed by atoms with Crippen molar-refractivity contribution in [2.75, 3.05) is 32.0 Å².